The largest absolute Gasteiger partial charge is 0.493 e. The van der Waals surface area contributed by atoms with Crippen molar-refractivity contribution < 1.29 is 14.3 Å². The van der Waals surface area contributed by atoms with E-state index >= 15 is 0 Å². The molecule has 2 atom stereocenters. The van der Waals surface area contributed by atoms with Crippen LogP contribution in [0.5, 0.6) is 11.5 Å². The summed E-state index contributed by atoms with van der Waals surface area (Å²) in [5.41, 5.74) is 7.26. The molecule has 2 fully saturated rings. The van der Waals surface area contributed by atoms with Crippen LogP contribution >= 0.6 is 0 Å². The fourth-order valence-electron chi connectivity index (χ4n) is 3.52. The molecule has 142 valence electrons. The van der Waals surface area contributed by atoms with Gasteiger partial charge in [0.1, 0.15) is 12.6 Å². The Morgan fingerprint density at radius 2 is 1.78 bits per heavy atom. The molecule has 2 unspecified atom stereocenters. The summed E-state index contributed by atoms with van der Waals surface area (Å²) >= 11 is 0. The molecular weight excluding hydrogens is 342 g/mol. The highest BCUT2D eigenvalue weighted by Crippen LogP contribution is 2.45. The average Bonchev–Trinajstić information content (AvgIpc) is 3.34. The van der Waals surface area contributed by atoms with Gasteiger partial charge in [-0.25, -0.2) is 5.43 Å². The van der Waals surface area contributed by atoms with Gasteiger partial charge in [0.15, 0.2) is 11.5 Å². The minimum absolute atomic E-state index is 0.0312. The zero-order valence-corrected chi connectivity index (χ0v) is 15.4. The van der Waals surface area contributed by atoms with E-state index in [4.69, 9.17) is 9.47 Å². The fourth-order valence-corrected chi connectivity index (χ4v) is 3.52. The normalized spacial score (nSPS) is 22.9. The lowest BCUT2D eigenvalue weighted by atomic mass is 10.0. The van der Waals surface area contributed by atoms with E-state index in [0.29, 0.717) is 24.5 Å². The van der Waals surface area contributed by atoms with Crippen LogP contribution in [0.25, 0.3) is 0 Å². The number of rotatable bonds is 7. The highest BCUT2D eigenvalue weighted by Gasteiger charge is 2.47. The van der Waals surface area contributed by atoms with Crippen LogP contribution in [0.2, 0.25) is 0 Å². The number of benzene rings is 2. The van der Waals surface area contributed by atoms with Gasteiger partial charge in [0.05, 0.1) is 18.7 Å². The molecule has 6 heteroatoms. The van der Waals surface area contributed by atoms with E-state index in [1.54, 1.807) is 7.11 Å². The minimum Gasteiger partial charge on any atom is -0.493 e. The second kappa shape index (κ2) is 7.58. The van der Waals surface area contributed by atoms with E-state index in [-0.39, 0.29) is 23.5 Å². The topological polar surface area (TPSA) is 71.6 Å². The van der Waals surface area contributed by atoms with Crippen LogP contribution in [-0.2, 0) is 10.3 Å². The van der Waals surface area contributed by atoms with Crippen LogP contribution in [-0.4, -0.2) is 31.7 Å². The van der Waals surface area contributed by atoms with Gasteiger partial charge < -0.3 is 14.8 Å². The molecule has 2 aliphatic rings. The maximum atomic E-state index is 12.7. The lowest BCUT2D eigenvalue weighted by Gasteiger charge is -2.20. The summed E-state index contributed by atoms with van der Waals surface area (Å²) in [7, 11) is 1.62. The molecule has 3 N–H and O–H groups in total. The van der Waals surface area contributed by atoms with Gasteiger partial charge in [-0.1, -0.05) is 42.5 Å². The summed E-state index contributed by atoms with van der Waals surface area (Å²) in [6.45, 7) is 0.459. The first-order chi connectivity index (χ1) is 13.2. The van der Waals surface area contributed by atoms with Crippen molar-refractivity contribution >= 4 is 5.91 Å². The monoisotopic (exact) mass is 367 g/mol. The smallest absolute Gasteiger partial charge is 0.239 e. The van der Waals surface area contributed by atoms with Crippen LogP contribution in [0.1, 0.15) is 24.8 Å². The molecule has 1 aliphatic carbocycles. The van der Waals surface area contributed by atoms with Crippen molar-refractivity contribution in [2.24, 2.45) is 0 Å². The van der Waals surface area contributed by atoms with E-state index in [0.717, 1.165) is 12.8 Å². The van der Waals surface area contributed by atoms with Gasteiger partial charge in [-0.3, -0.25) is 10.2 Å². The number of carbonyl (C=O) groups is 1. The molecule has 0 bridgehead atoms. The van der Waals surface area contributed by atoms with E-state index < -0.39 is 0 Å². The lowest BCUT2D eigenvalue weighted by Crippen LogP contribution is -2.47. The van der Waals surface area contributed by atoms with E-state index in [1.165, 1.54) is 5.56 Å². The number of methoxy groups -OCH3 is 1. The van der Waals surface area contributed by atoms with Gasteiger partial charge >= 0.3 is 0 Å². The van der Waals surface area contributed by atoms with Crippen LogP contribution in [0.15, 0.2) is 54.6 Å². The second-order valence-corrected chi connectivity index (χ2v) is 7.17. The molecule has 1 heterocycles. The summed E-state index contributed by atoms with van der Waals surface area (Å²) in [4.78, 5) is 12.7. The molecular formula is C21H25N3O3. The Morgan fingerprint density at radius 1 is 1.07 bits per heavy atom. The highest BCUT2D eigenvalue weighted by atomic mass is 16.5. The Labute approximate surface area is 159 Å². The number of hydrazine groups is 1. The number of hydrogen-bond donors (Lipinski definition) is 3. The Hall–Kier alpha value is -2.57. The Balaban J connectivity index is 1.30. The van der Waals surface area contributed by atoms with Gasteiger partial charge in [-0.15, -0.1) is 0 Å². The second-order valence-electron chi connectivity index (χ2n) is 7.17. The molecule has 1 saturated carbocycles. The molecule has 2 aromatic carbocycles. The molecule has 1 aliphatic heterocycles. The summed E-state index contributed by atoms with van der Waals surface area (Å²) in [6.07, 6.45) is 2.65. The number of carbonyl (C=O) groups excluding carboxylic acids is 1. The van der Waals surface area contributed by atoms with Gasteiger partial charge in [-0.2, -0.15) is 0 Å². The fraction of sp³-hybridized carbons (Fsp3) is 0.381. The van der Waals surface area contributed by atoms with Gasteiger partial charge in [-0.05, 0) is 37.0 Å². The standard InChI is InChI=1S/C21H25N3O3/c1-26-18-9-5-6-10-19(18)27-14-16-13-17(24-23-16)20(25)22-21(11-12-21)15-7-3-2-4-8-15/h2-10,16-17,23-24H,11-14H2,1H3,(H,22,25). The van der Waals surface area contributed by atoms with Gasteiger partial charge in [0.25, 0.3) is 0 Å². The maximum absolute atomic E-state index is 12.7. The van der Waals surface area contributed by atoms with Crippen molar-refractivity contribution in [1.82, 2.24) is 16.2 Å². The van der Waals surface area contributed by atoms with Crippen molar-refractivity contribution in [3.8, 4) is 11.5 Å². The third-order valence-corrected chi connectivity index (χ3v) is 5.25. The molecule has 0 aromatic heterocycles. The molecule has 0 spiro atoms. The predicted octanol–water partition coefficient (Wildman–Crippen LogP) is 2.11. The summed E-state index contributed by atoms with van der Waals surface area (Å²) < 4.78 is 11.2. The molecule has 2 aromatic rings. The summed E-state index contributed by atoms with van der Waals surface area (Å²) in [5, 5.41) is 3.24. The van der Waals surface area contributed by atoms with Crippen molar-refractivity contribution in [1.29, 1.82) is 0 Å². The predicted molar refractivity (Wildman–Crippen MR) is 102 cm³/mol. The van der Waals surface area contributed by atoms with Crippen LogP contribution in [0.4, 0.5) is 0 Å². The maximum Gasteiger partial charge on any atom is 0.239 e. The SMILES string of the molecule is COc1ccccc1OCC1CC(C(=O)NC2(c3ccccc3)CC2)NN1. The number of para-hydroxylation sites is 2. The van der Waals surface area contributed by atoms with Gasteiger partial charge in [0, 0.05) is 0 Å². The van der Waals surface area contributed by atoms with E-state index in [9.17, 15) is 4.79 Å². The molecule has 27 heavy (non-hydrogen) atoms. The number of ether oxygens (including phenoxy) is 2. The number of hydrogen-bond acceptors (Lipinski definition) is 5. The molecule has 1 amide bonds. The van der Waals surface area contributed by atoms with E-state index in [2.05, 4.69) is 28.3 Å². The van der Waals surface area contributed by atoms with Crippen LogP contribution < -0.4 is 25.6 Å². The zero-order chi connectivity index (χ0) is 18.7. The Kier molecular flexibility index (Phi) is 5.01. The highest BCUT2D eigenvalue weighted by molar-refractivity contribution is 5.83. The van der Waals surface area contributed by atoms with Crippen molar-refractivity contribution in [3.63, 3.8) is 0 Å². The van der Waals surface area contributed by atoms with Crippen molar-refractivity contribution in [2.45, 2.75) is 36.9 Å². The third kappa shape index (κ3) is 3.91. The molecule has 6 nitrogen and oxygen atoms in total. The van der Waals surface area contributed by atoms with Gasteiger partial charge in [0.2, 0.25) is 5.91 Å². The van der Waals surface area contributed by atoms with E-state index in [1.807, 2.05) is 42.5 Å². The minimum atomic E-state index is -0.266. The molecule has 0 radical (unpaired) electrons. The number of amides is 1. The molecule has 4 rings (SSSR count). The summed E-state index contributed by atoms with van der Waals surface area (Å²) in [5.74, 6) is 1.44. The summed E-state index contributed by atoms with van der Waals surface area (Å²) in [6, 6.07) is 17.5. The first-order valence-electron chi connectivity index (χ1n) is 9.35. The quantitative estimate of drug-likeness (QED) is 0.699. The third-order valence-electron chi connectivity index (χ3n) is 5.25. The lowest BCUT2D eigenvalue weighted by molar-refractivity contribution is -0.124. The average molecular weight is 367 g/mol. The Bertz CT molecular complexity index is 792. The number of nitrogens with one attached hydrogen (secondary N) is 3. The van der Waals surface area contributed by atoms with Crippen LogP contribution in [0.3, 0.4) is 0 Å². The van der Waals surface area contributed by atoms with Crippen molar-refractivity contribution in [3.05, 3.63) is 60.2 Å². The zero-order valence-electron chi connectivity index (χ0n) is 15.4. The van der Waals surface area contributed by atoms with Crippen molar-refractivity contribution in [2.75, 3.05) is 13.7 Å². The Morgan fingerprint density at radius 3 is 2.48 bits per heavy atom. The van der Waals surface area contributed by atoms with Crippen LogP contribution in [0, 0.1) is 0 Å². The first-order valence-corrected chi connectivity index (χ1v) is 9.35. The first kappa shape index (κ1) is 17.8. The molecule has 1 saturated heterocycles.